The Morgan fingerprint density at radius 1 is 0.558 bits per heavy atom. The summed E-state index contributed by atoms with van der Waals surface area (Å²) in [6, 6.07) is 22.4. The average molecular weight is 806 g/mol. The number of thiophene rings is 2. The number of alkyl halides is 1. The SMILES string of the molecule is Cc1sc(-c2ccc(OCCCCCCCCBr)cc2)cc1C1=C(c2cc(-c3ccc(OCCCCCCCC[N+](C)(C)C)cc3)sc2C)CCC1. The Morgan fingerprint density at radius 2 is 0.962 bits per heavy atom. The summed E-state index contributed by atoms with van der Waals surface area (Å²) in [4.78, 5) is 5.52. The molecule has 0 bridgehead atoms. The second-order valence-electron chi connectivity index (χ2n) is 15.7. The predicted molar refractivity (Wildman–Crippen MR) is 233 cm³/mol. The number of nitrogens with zero attached hydrogens (tertiary/aromatic N) is 1. The first-order chi connectivity index (χ1) is 25.2. The van der Waals surface area contributed by atoms with Gasteiger partial charge in [-0.05, 0) is 159 Å². The van der Waals surface area contributed by atoms with Crippen molar-refractivity contribution < 1.29 is 14.0 Å². The molecule has 2 heterocycles. The number of unbranched alkanes of at least 4 members (excludes halogenated alkanes) is 10. The lowest BCUT2D eigenvalue weighted by Gasteiger charge is -2.23. The van der Waals surface area contributed by atoms with Crippen LogP contribution in [0.2, 0.25) is 0 Å². The van der Waals surface area contributed by atoms with Crippen molar-refractivity contribution in [3.8, 4) is 32.4 Å². The van der Waals surface area contributed by atoms with E-state index >= 15 is 0 Å². The molecule has 3 nitrogen and oxygen atoms in total. The third-order valence-electron chi connectivity index (χ3n) is 10.3. The molecule has 5 rings (SSSR count). The zero-order chi connectivity index (χ0) is 36.8. The van der Waals surface area contributed by atoms with Gasteiger partial charge in [0.25, 0.3) is 0 Å². The quantitative estimate of drug-likeness (QED) is 0.0422. The van der Waals surface area contributed by atoms with Crippen LogP contribution < -0.4 is 9.47 Å². The summed E-state index contributed by atoms with van der Waals surface area (Å²) in [5.74, 6) is 1.96. The van der Waals surface area contributed by atoms with Crippen LogP contribution >= 0.6 is 38.6 Å². The van der Waals surface area contributed by atoms with Gasteiger partial charge in [-0.25, -0.2) is 0 Å². The van der Waals surface area contributed by atoms with Crippen LogP contribution in [0.1, 0.15) is 117 Å². The molecule has 0 N–H and O–H groups in total. The summed E-state index contributed by atoms with van der Waals surface area (Å²) >= 11 is 7.37. The molecule has 0 unspecified atom stereocenters. The van der Waals surface area contributed by atoms with Gasteiger partial charge in [0.1, 0.15) is 11.5 Å². The number of allylic oxidation sites excluding steroid dienone is 2. The maximum Gasteiger partial charge on any atom is 0.119 e. The topological polar surface area (TPSA) is 18.5 Å². The second-order valence-corrected chi connectivity index (χ2v) is 19.0. The summed E-state index contributed by atoms with van der Waals surface area (Å²) in [6.07, 6.45) is 18.9. The van der Waals surface area contributed by atoms with Gasteiger partial charge in [-0.2, -0.15) is 0 Å². The summed E-state index contributed by atoms with van der Waals surface area (Å²) in [5, 5.41) is 1.12. The summed E-state index contributed by atoms with van der Waals surface area (Å²) in [7, 11) is 6.84. The molecule has 0 saturated carbocycles. The van der Waals surface area contributed by atoms with Gasteiger partial charge in [0.15, 0.2) is 0 Å². The fourth-order valence-corrected chi connectivity index (χ4v) is 9.80. The van der Waals surface area contributed by atoms with Crippen molar-refractivity contribution in [2.24, 2.45) is 0 Å². The lowest BCUT2D eigenvalue weighted by molar-refractivity contribution is -0.870. The molecule has 1 aliphatic carbocycles. The van der Waals surface area contributed by atoms with Gasteiger partial charge in [0.05, 0.1) is 40.9 Å². The third kappa shape index (κ3) is 12.6. The predicted octanol–water partition coefficient (Wildman–Crippen LogP) is 14.4. The summed E-state index contributed by atoms with van der Waals surface area (Å²) < 4.78 is 13.3. The monoisotopic (exact) mass is 804 g/mol. The van der Waals surface area contributed by atoms with Crippen LogP contribution in [0.15, 0.2) is 60.7 Å². The van der Waals surface area contributed by atoms with E-state index in [1.165, 1.54) is 119 Å². The molecule has 6 heteroatoms. The molecule has 52 heavy (non-hydrogen) atoms. The number of hydrogen-bond acceptors (Lipinski definition) is 4. The van der Waals surface area contributed by atoms with Crippen molar-refractivity contribution in [1.29, 1.82) is 0 Å². The number of quaternary nitrogens is 1. The van der Waals surface area contributed by atoms with Crippen LogP contribution in [0.4, 0.5) is 0 Å². The first-order valence-electron chi connectivity index (χ1n) is 20.0. The number of aryl methyl sites for hydroxylation is 2. The van der Waals surface area contributed by atoms with Crippen LogP contribution in [0, 0.1) is 13.8 Å². The maximum atomic E-state index is 6.12. The van der Waals surface area contributed by atoms with Gasteiger partial charge in [-0.3, -0.25) is 0 Å². The van der Waals surface area contributed by atoms with Gasteiger partial charge in [0.2, 0.25) is 0 Å². The van der Waals surface area contributed by atoms with Crippen LogP contribution in [0.3, 0.4) is 0 Å². The van der Waals surface area contributed by atoms with Gasteiger partial charge in [-0.1, -0.05) is 60.9 Å². The van der Waals surface area contributed by atoms with Crippen molar-refractivity contribution in [3.05, 3.63) is 81.5 Å². The standard InChI is InChI=1S/C46H63BrNO2S2/c1-35-43(33-45(51-35)37-21-25-39(26-22-37)49-31-16-12-8-6-10-14-29-47)41-19-18-20-42(41)44-34-46(52-36(44)2)38-23-27-40(28-24-38)50-32-17-13-9-7-11-15-30-48(3,4)5/h21-28,33-34H,6-20,29-32H2,1-5H3/q+1. The van der Waals surface area contributed by atoms with Crippen LogP contribution in [0.5, 0.6) is 11.5 Å². The normalized spacial score (nSPS) is 13.3. The van der Waals surface area contributed by atoms with Crippen molar-refractivity contribution >= 4 is 49.7 Å². The van der Waals surface area contributed by atoms with E-state index in [9.17, 15) is 0 Å². The van der Waals surface area contributed by atoms with Gasteiger partial charge < -0.3 is 14.0 Å². The zero-order valence-electron chi connectivity index (χ0n) is 32.7. The Kier molecular flexibility index (Phi) is 16.4. The Balaban J connectivity index is 1.13. The number of benzene rings is 2. The van der Waals surface area contributed by atoms with Crippen LogP contribution in [0.25, 0.3) is 32.0 Å². The molecule has 0 atom stereocenters. The smallest absolute Gasteiger partial charge is 0.119 e. The highest BCUT2D eigenvalue weighted by Crippen LogP contribution is 2.47. The lowest BCUT2D eigenvalue weighted by atomic mass is 9.96. The highest BCUT2D eigenvalue weighted by molar-refractivity contribution is 9.09. The number of ether oxygens (including phenoxy) is 2. The lowest BCUT2D eigenvalue weighted by Crippen LogP contribution is -2.35. The maximum absolute atomic E-state index is 6.12. The summed E-state index contributed by atoms with van der Waals surface area (Å²) in [5.41, 5.74) is 8.54. The molecule has 0 aliphatic heterocycles. The molecule has 0 radical (unpaired) electrons. The highest BCUT2D eigenvalue weighted by atomic mass is 79.9. The van der Waals surface area contributed by atoms with Crippen molar-refractivity contribution in [3.63, 3.8) is 0 Å². The van der Waals surface area contributed by atoms with Crippen LogP contribution in [-0.4, -0.2) is 50.7 Å². The van der Waals surface area contributed by atoms with Crippen molar-refractivity contribution in [2.75, 3.05) is 46.2 Å². The Hall–Kier alpha value is -2.38. The Bertz CT molecular complexity index is 1680. The first-order valence-corrected chi connectivity index (χ1v) is 22.7. The Morgan fingerprint density at radius 3 is 1.38 bits per heavy atom. The molecule has 2 aromatic heterocycles. The van der Waals surface area contributed by atoms with E-state index < -0.39 is 0 Å². The van der Waals surface area contributed by atoms with E-state index in [0.717, 1.165) is 60.2 Å². The van der Waals surface area contributed by atoms with Gasteiger partial charge in [-0.15, -0.1) is 22.7 Å². The van der Waals surface area contributed by atoms with E-state index in [4.69, 9.17) is 9.47 Å². The minimum Gasteiger partial charge on any atom is -0.494 e. The fourth-order valence-electron chi connectivity index (χ4n) is 7.30. The molecule has 282 valence electrons. The van der Waals surface area contributed by atoms with Crippen molar-refractivity contribution in [1.82, 2.24) is 0 Å². The molecule has 4 aromatic rings. The van der Waals surface area contributed by atoms with Crippen LogP contribution in [-0.2, 0) is 0 Å². The summed E-state index contributed by atoms with van der Waals surface area (Å²) in [6.45, 7) is 7.48. The number of rotatable bonds is 23. The molecule has 0 saturated heterocycles. The minimum absolute atomic E-state index is 0.804. The van der Waals surface area contributed by atoms with E-state index in [2.05, 4.69) is 112 Å². The molecule has 0 spiro atoms. The third-order valence-corrected chi connectivity index (χ3v) is 13.0. The van der Waals surface area contributed by atoms with E-state index in [-0.39, 0.29) is 0 Å². The van der Waals surface area contributed by atoms with E-state index in [1.807, 2.05) is 22.7 Å². The fraction of sp³-hybridized carbons (Fsp3) is 0.522. The Labute approximate surface area is 332 Å². The molecule has 2 aromatic carbocycles. The zero-order valence-corrected chi connectivity index (χ0v) is 35.9. The minimum atomic E-state index is 0.804. The van der Waals surface area contributed by atoms with E-state index in [1.54, 1.807) is 11.1 Å². The molecule has 1 aliphatic rings. The largest absolute Gasteiger partial charge is 0.494 e. The molecule has 0 amide bonds. The van der Waals surface area contributed by atoms with Crippen molar-refractivity contribution in [2.45, 2.75) is 110 Å². The molecular formula is C46H63BrNO2S2+. The van der Waals surface area contributed by atoms with Gasteiger partial charge in [0, 0.05) is 24.8 Å². The number of hydrogen-bond donors (Lipinski definition) is 0. The average Bonchev–Trinajstić information content (AvgIpc) is 3.86. The second kappa shape index (κ2) is 20.9. The number of halogens is 1. The molecule has 0 fully saturated rings. The van der Waals surface area contributed by atoms with E-state index in [0.29, 0.717) is 0 Å². The first kappa shape index (κ1) is 40.8. The molecular weight excluding hydrogens is 743 g/mol. The van der Waals surface area contributed by atoms with Gasteiger partial charge >= 0.3 is 0 Å². The highest BCUT2D eigenvalue weighted by Gasteiger charge is 2.23.